The molecule has 0 saturated carbocycles. The highest BCUT2D eigenvalue weighted by Crippen LogP contribution is 2.31. The third kappa shape index (κ3) is 3.97. The number of hydrogen-bond acceptors (Lipinski definition) is 4. The number of urea groups is 1. The van der Waals surface area contributed by atoms with Gasteiger partial charge in [0.2, 0.25) is 0 Å². The van der Waals surface area contributed by atoms with E-state index in [-0.39, 0.29) is 6.03 Å². The first-order valence-corrected chi connectivity index (χ1v) is 8.72. The minimum atomic E-state index is -0.821. The summed E-state index contributed by atoms with van der Waals surface area (Å²) in [5, 5.41) is 12.0. The number of likely N-dealkylation sites (tertiary alicyclic amines) is 1. The topological polar surface area (TPSA) is 82.1 Å². The lowest BCUT2D eigenvalue weighted by Gasteiger charge is -2.22. The minimum Gasteiger partial charge on any atom is -0.495 e. The molecule has 2 aliphatic rings. The van der Waals surface area contributed by atoms with E-state index in [0.717, 1.165) is 30.9 Å². The van der Waals surface area contributed by atoms with E-state index in [2.05, 4.69) is 16.3 Å². The number of ether oxygens (including phenoxy) is 1. The second-order valence-corrected chi connectivity index (χ2v) is 6.73. The first-order valence-electron chi connectivity index (χ1n) is 8.72. The van der Waals surface area contributed by atoms with E-state index in [9.17, 15) is 9.59 Å². The van der Waals surface area contributed by atoms with E-state index in [1.54, 1.807) is 12.0 Å². The standard InChI is InChI=1S/C18H25N3O4/c1-25-16-5-3-2-4-15(16)20-8-6-13(11-20)10-19-18(24)21-9-7-14(12-21)17(22)23/h2-5,13-14H,6-12H2,1H3,(H,19,24)(H,22,23). The molecule has 2 heterocycles. The number of carboxylic acids is 1. The van der Waals surface area contributed by atoms with Gasteiger partial charge in [0.15, 0.2) is 0 Å². The zero-order chi connectivity index (χ0) is 17.8. The largest absolute Gasteiger partial charge is 0.495 e. The molecule has 1 aromatic rings. The van der Waals surface area contributed by atoms with Crippen LogP contribution in [0, 0.1) is 11.8 Å². The van der Waals surface area contributed by atoms with Crippen LogP contribution in [0.15, 0.2) is 24.3 Å². The molecule has 0 spiro atoms. The van der Waals surface area contributed by atoms with Crippen molar-refractivity contribution in [3.05, 3.63) is 24.3 Å². The lowest BCUT2D eigenvalue weighted by molar-refractivity contribution is -0.141. The third-order valence-corrected chi connectivity index (χ3v) is 5.08. The number of hydrogen-bond donors (Lipinski definition) is 2. The third-order valence-electron chi connectivity index (χ3n) is 5.08. The average Bonchev–Trinajstić information content (AvgIpc) is 3.29. The maximum absolute atomic E-state index is 12.2. The van der Waals surface area contributed by atoms with Crippen LogP contribution >= 0.6 is 0 Å². The molecular formula is C18H25N3O4. The Morgan fingerprint density at radius 3 is 2.76 bits per heavy atom. The molecule has 3 rings (SSSR count). The van der Waals surface area contributed by atoms with Crippen LogP contribution in [0.1, 0.15) is 12.8 Å². The summed E-state index contributed by atoms with van der Waals surface area (Å²) in [6, 6.07) is 7.81. The lowest BCUT2D eigenvalue weighted by atomic mass is 10.1. The Morgan fingerprint density at radius 2 is 2.04 bits per heavy atom. The van der Waals surface area contributed by atoms with Gasteiger partial charge in [-0.05, 0) is 30.9 Å². The van der Waals surface area contributed by atoms with Gasteiger partial charge >= 0.3 is 12.0 Å². The Hall–Kier alpha value is -2.44. The number of carboxylic acid groups (broad SMARTS) is 1. The van der Waals surface area contributed by atoms with E-state index in [1.807, 2.05) is 18.2 Å². The predicted molar refractivity (Wildman–Crippen MR) is 94.0 cm³/mol. The van der Waals surface area contributed by atoms with Crippen LogP contribution in [0.3, 0.4) is 0 Å². The average molecular weight is 347 g/mol. The first-order chi connectivity index (χ1) is 12.1. The zero-order valence-corrected chi connectivity index (χ0v) is 14.5. The summed E-state index contributed by atoms with van der Waals surface area (Å²) in [7, 11) is 1.67. The van der Waals surface area contributed by atoms with Gasteiger partial charge in [-0.15, -0.1) is 0 Å². The summed E-state index contributed by atoms with van der Waals surface area (Å²) in [5.74, 6) is -0.00693. The number of amides is 2. The molecule has 1 aromatic carbocycles. The maximum atomic E-state index is 12.2. The van der Waals surface area contributed by atoms with Gasteiger partial charge in [-0.1, -0.05) is 12.1 Å². The van der Waals surface area contributed by atoms with E-state index in [4.69, 9.17) is 9.84 Å². The molecule has 0 aromatic heterocycles. The molecule has 0 bridgehead atoms. The van der Waals surface area contributed by atoms with Crippen LogP contribution in [0.4, 0.5) is 10.5 Å². The quantitative estimate of drug-likeness (QED) is 0.846. The molecule has 7 heteroatoms. The summed E-state index contributed by atoms with van der Waals surface area (Å²) in [6.07, 6.45) is 1.55. The van der Waals surface area contributed by atoms with Gasteiger partial charge < -0.3 is 25.0 Å². The Balaban J connectivity index is 1.47. The van der Waals surface area contributed by atoms with Gasteiger partial charge in [-0.25, -0.2) is 4.79 Å². The Bertz CT molecular complexity index is 637. The molecular weight excluding hydrogens is 322 g/mol. The SMILES string of the molecule is COc1ccccc1N1CCC(CNC(=O)N2CCC(C(=O)O)C2)C1. The fraction of sp³-hybridized carbons (Fsp3) is 0.556. The van der Waals surface area contributed by atoms with E-state index >= 15 is 0 Å². The highest BCUT2D eigenvalue weighted by atomic mass is 16.5. The van der Waals surface area contributed by atoms with E-state index < -0.39 is 11.9 Å². The summed E-state index contributed by atoms with van der Waals surface area (Å²) in [6.45, 7) is 3.24. The predicted octanol–water partition coefficient (Wildman–Crippen LogP) is 1.64. The number of para-hydroxylation sites is 2. The van der Waals surface area contributed by atoms with Crippen LogP contribution < -0.4 is 15.0 Å². The lowest BCUT2D eigenvalue weighted by Crippen LogP contribution is -2.41. The van der Waals surface area contributed by atoms with Gasteiger partial charge in [0.1, 0.15) is 5.75 Å². The number of aliphatic carboxylic acids is 1. The van der Waals surface area contributed by atoms with Crippen LogP contribution in [-0.2, 0) is 4.79 Å². The molecule has 2 N–H and O–H groups in total. The molecule has 0 radical (unpaired) electrons. The number of nitrogens with zero attached hydrogens (tertiary/aromatic N) is 2. The molecule has 25 heavy (non-hydrogen) atoms. The Morgan fingerprint density at radius 1 is 1.24 bits per heavy atom. The van der Waals surface area contributed by atoms with Crippen molar-refractivity contribution >= 4 is 17.7 Å². The van der Waals surface area contributed by atoms with E-state index in [0.29, 0.717) is 32.0 Å². The highest BCUT2D eigenvalue weighted by molar-refractivity contribution is 5.77. The summed E-state index contributed by atoms with van der Waals surface area (Å²) < 4.78 is 5.42. The number of rotatable bonds is 5. The molecule has 2 fully saturated rings. The second kappa shape index (κ2) is 7.63. The van der Waals surface area contributed by atoms with Crippen molar-refractivity contribution in [3.8, 4) is 5.75 Å². The van der Waals surface area contributed by atoms with Gasteiger partial charge in [-0.2, -0.15) is 0 Å². The zero-order valence-electron chi connectivity index (χ0n) is 14.5. The highest BCUT2D eigenvalue weighted by Gasteiger charge is 2.31. The molecule has 2 saturated heterocycles. The first kappa shape index (κ1) is 17.4. The van der Waals surface area contributed by atoms with Gasteiger partial charge in [-0.3, -0.25) is 4.79 Å². The number of carbonyl (C=O) groups excluding carboxylic acids is 1. The van der Waals surface area contributed by atoms with Crippen molar-refractivity contribution in [2.45, 2.75) is 12.8 Å². The van der Waals surface area contributed by atoms with Gasteiger partial charge in [0, 0.05) is 32.7 Å². The molecule has 2 amide bonds. The van der Waals surface area contributed by atoms with Crippen LogP contribution in [0.25, 0.3) is 0 Å². The van der Waals surface area contributed by atoms with Crippen molar-refractivity contribution in [3.63, 3.8) is 0 Å². The Labute approximate surface area is 147 Å². The number of nitrogens with one attached hydrogen (secondary N) is 1. The molecule has 2 atom stereocenters. The molecule has 2 aliphatic heterocycles. The number of methoxy groups -OCH3 is 1. The van der Waals surface area contributed by atoms with Crippen LogP contribution in [-0.4, -0.2) is 61.8 Å². The fourth-order valence-electron chi connectivity index (χ4n) is 3.60. The van der Waals surface area contributed by atoms with Crippen molar-refractivity contribution in [1.82, 2.24) is 10.2 Å². The molecule has 0 aliphatic carbocycles. The van der Waals surface area contributed by atoms with Crippen LogP contribution in [0.5, 0.6) is 5.75 Å². The maximum Gasteiger partial charge on any atom is 0.317 e. The second-order valence-electron chi connectivity index (χ2n) is 6.73. The van der Waals surface area contributed by atoms with Crippen molar-refractivity contribution < 1.29 is 19.4 Å². The number of carbonyl (C=O) groups is 2. The fourth-order valence-corrected chi connectivity index (χ4v) is 3.60. The molecule has 2 unspecified atom stereocenters. The van der Waals surface area contributed by atoms with Gasteiger partial charge in [0.25, 0.3) is 0 Å². The molecule has 136 valence electrons. The normalized spacial score (nSPS) is 22.9. The van der Waals surface area contributed by atoms with Crippen molar-refractivity contribution in [1.29, 1.82) is 0 Å². The smallest absolute Gasteiger partial charge is 0.317 e. The number of benzene rings is 1. The van der Waals surface area contributed by atoms with Crippen LogP contribution in [0.2, 0.25) is 0 Å². The van der Waals surface area contributed by atoms with E-state index in [1.165, 1.54) is 0 Å². The van der Waals surface area contributed by atoms with Crippen molar-refractivity contribution in [2.75, 3.05) is 44.7 Å². The number of anilines is 1. The molecule has 7 nitrogen and oxygen atoms in total. The summed E-state index contributed by atoms with van der Waals surface area (Å²) in [5.41, 5.74) is 1.09. The monoisotopic (exact) mass is 347 g/mol. The summed E-state index contributed by atoms with van der Waals surface area (Å²) >= 11 is 0. The summed E-state index contributed by atoms with van der Waals surface area (Å²) in [4.78, 5) is 27.1. The minimum absolute atomic E-state index is 0.153. The Kier molecular flexibility index (Phi) is 5.31. The van der Waals surface area contributed by atoms with Gasteiger partial charge in [0.05, 0.1) is 18.7 Å². The van der Waals surface area contributed by atoms with Crippen molar-refractivity contribution in [2.24, 2.45) is 11.8 Å².